The Morgan fingerprint density at radius 3 is 1.21 bits per heavy atom. The summed E-state index contributed by atoms with van der Waals surface area (Å²) in [5.41, 5.74) is 11.1. The highest BCUT2D eigenvalue weighted by Gasteiger charge is 2.12. The molecule has 0 amide bonds. The first-order chi connectivity index (χ1) is 19.3. The van der Waals surface area contributed by atoms with E-state index in [4.69, 9.17) is 15.0 Å². The molecule has 6 heteroatoms. The molecule has 0 saturated heterocycles. The normalized spacial score (nSPS) is 11.6. The van der Waals surface area contributed by atoms with Crippen molar-refractivity contribution in [1.29, 1.82) is 0 Å². The van der Waals surface area contributed by atoms with Crippen LogP contribution in [0.1, 0.15) is 0 Å². The lowest BCUT2D eigenvalue weighted by Gasteiger charge is -2.00. The van der Waals surface area contributed by atoms with Crippen LogP contribution in [-0.4, -0.2) is 29.9 Å². The molecule has 6 nitrogen and oxygen atoms in total. The maximum absolute atomic E-state index is 4.86. The van der Waals surface area contributed by atoms with Crippen LogP contribution >= 0.6 is 0 Å². The van der Waals surface area contributed by atoms with Gasteiger partial charge in [-0.2, -0.15) is 0 Å². The number of benzene rings is 5. The summed E-state index contributed by atoms with van der Waals surface area (Å²) in [4.78, 5) is 24.9. The van der Waals surface area contributed by atoms with Crippen molar-refractivity contribution < 1.29 is 0 Å². The van der Waals surface area contributed by atoms with Crippen LogP contribution in [0.2, 0.25) is 0 Å². The van der Waals surface area contributed by atoms with Gasteiger partial charge in [-0.3, -0.25) is 0 Å². The SMILES string of the molecule is c1ccc(-c2ccc3nc(-c4ccc5nc(-c6ccc7nc(-c8ccccc8)[nH]c7c6)[nH]c5c4)[nH]c3c2)cc1. The molecule has 0 bridgehead atoms. The van der Waals surface area contributed by atoms with Crippen LogP contribution in [-0.2, 0) is 0 Å². The van der Waals surface area contributed by atoms with Crippen molar-refractivity contribution in [1.82, 2.24) is 29.9 Å². The summed E-state index contributed by atoms with van der Waals surface area (Å²) in [6.45, 7) is 0. The van der Waals surface area contributed by atoms with Gasteiger partial charge in [-0.05, 0) is 59.7 Å². The molecular formula is C33H22N6. The fourth-order valence-electron chi connectivity index (χ4n) is 5.14. The highest BCUT2D eigenvalue weighted by atomic mass is 14.9. The number of nitrogens with zero attached hydrogens (tertiary/aromatic N) is 3. The van der Waals surface area contributed by atoms with Gasteiger partial charge in [0.15, 0.2) is 0 Å². The predicted octanol–water partition coefficient (Wildman–Crippen LogP) is 7.98. The van der Waals surface area contributed by atoms with Crippen molar-refractivity contribution in [3.8, 4) is 45.3 Å². The van der Waals surface area contributed by atoms with Crippen molar-refractivity contribution in [3.63, 3.8) is 0 Å². The van der Waals surface area contributed by atoms with Crippen LogP contribution in [0.5, 0.6) is 0 Å². The minimum atomic E-state index is 0.817. The monoisotopic (exact) mass is 502 g/mol. The molecule has 0 aliphatic carbocycles. The lowest BCUT2D eigenvalue weighted by atomic mass is 10.1. The number of aromatic amines is 3. The van der Waals surface area contributed by atoms with E-state index in [1.807, 2.05) is 36.4 Å². The van der Waals surface area contributed by atoms with E-state index in [1.54, 1.807) is 0 Å². The van der Waals surface area contributed by atoms with Gasteiger partial charge in [0.1, 0.15) is 17.5 Å². The molecule has 0 saturated carbocycles. The van der Waals surface area contributed by atoms with Crippen molar-refractivity contribution in [2.45, 2.75) is 0 Å². The first-order valence-corrected chi connectivity index (χ1v) is 12.9. The number of nitrogens with one attached hydrogen (secondary N) is 3. The second-order valence-electron chi connectivity index (χ2n) is 9.68. The largest absolute Gasteiger partial charge is 0.338 e. The summed E-state index contributed by atoms with van der Waals surface area (Å²) in [5, 5.41) is 0. The average molecular weight is 503 g/mol. The minimum Gasteiger partial charge on any atom is -0.338 e. The summed E-state index contributed by atoms with van der Waals surface area (Å²) < 4.78 is 0. The Hall–Kier alpha value is -5.49. The maximum Gasteiger partial charge on any atom is 0.138 e. The Kier molecular flexibility index (Phi) is 4.72. The fourth-order valence-corrected chi connectivity index (χ4v) is 5.14. The molecule has 0 spiro atoms. The standard InChI is InChI=1S/C33H22N6/c1-3-7-20(8-4-1)22-11-14-25-28(17-22)38-32(35-25)24-13-16-27-30(19-24)39-33(36-27)23-12-15-26-29(18-23)37-31(34-26)21-9-5-2-6-10-21/h1-19H,(H,34,37)(H,35,38)(H,36,39). The van der Waals surface area contributed by atoms with E-state index in [-0.39, 0.29) is 0 Å². The molecule has 39 heavy (non-hydrogen) atoms. The first kappa shape index (κ1) is 21.6. The highest BCUT2D eigenvalue weighted by molar-refractivity contribution is 5.89. The zero-order valence-electron chi connectivity index (χ0n) is 20.8. The Labute approximate surface area is 223 Å². The van der Waals surface area contributed by atoms with Gasteiger partial charge in [0.05, 0.1) is 33.1 Å². The van der Waals surface area contributed by atoms with E-state index in [0.717, 1.165) is 72.8 Å². The third-order valence-corrected chi connectivity index (χ3v) is 7.15. The molecule has 0 atom stereocenters. The van der Waals surface area contributed by atoms with Crippen LogP contribution in [0.15, 0.2) is 115 Å². The molecule has 0 fully saturated rings. The summed E-state index contributed by atoms with van der Waals surface area (Å²) in [5.74, 6) is 2.51. The predicted molar refractivity (Wildman–Crippen MR) is 157 cm³/mol. The van der Waals surface area contributed by atoms with Crippen LogP contribution in [0.3, 0.4) is 0 Å². The van der Waals surface area contributed by atoms with Gasteiger partial charge in [0.25, 0.3) is 0 Å². The van der Waals surface area contributed by atoms with Crippen LogP contribution in [0.25, 0.3) is 78.4 Å². The molecule has 3 heterocycles. The molecule has 0 aliphatic heterocycles. The number of aromatic nitrogens is 6. The molecule has 0 unspecified atom stereocenters. The van der Waals surface area contributed by atoms with Gasteiger partial charge >= 0.3 is 0 Å². The zero-order chi connectivity index (χ0) is 25.8. The fraction of sp³-hybridized carbons (Fsp3) is 0. The van der Waals surface area contributed by atoms with Crippen molar-refractivity contribution in [2.75, 3.05) is 0 Å². The summed E-state index contributed by atoms with van der Waals surface area (Å²) in [7, 11) is 0. The quantitative estimate of drug-likeness (QED) is 0.228. The molecule has 0 radical (unpaired) electrons. The Bertz CT molecular complexity index is 2080. The van der Waals surface area contributed by atoms with E-state index >= 15 is 0 Å². The van der Waals surface area contributed by atoms with Crippen LogP contribution < -0.4 is 0 Å². The van der Waals surface area contributed by atoms with E-state index in [1.165, 1.54) is 5.56 Å². The second kappa shape index (κ2) is 8.53. The molecule has 5 aromatic carbocycles. The molecular weight excluding hydrogens is 480 g/mol. The number of fused-ring (bicyclic) bond motifs is 3. The number of imidazole rings is 3. The van der Waals surface area contributed by atoms with Gasteiger partial charge in [-0.25, -0.2) is 15.0 Å². The second-order valence-corrected chi connectivity index (χ2v) is 9.68. The molecule has 8 aromatic rings. The average Bonchev–Trinajstić information content (AvgIpc) is 3.73. The summed E-state index contributed by atoms with van der Waals surface area (Å²) >= 11 is 0. The van der Waals surface area contributed by atoms with Crippen molar-refractivity contribution >= 4 is 33.1 Å². The first-order valence-electron chi connectivity index (χ1n) is 12.9. The third-order valence-electron chi connectivity index (χ3n) is 7.15. The van der Waals surface area contributed by atoms with E-state index in [9.17, 15) is 0 Å². The summed E-state index contributed by atoms with van der Waals surface area (Å²) in [6, 6.07) is 39.3. The zero-order valence-corrected chi connectivity index (χ0v) is 20.8. The van der Waals surface area contributed by atoms with Crippen LogP contribution in [0, 0.1) is 0 Å². The Morgan fingerprint density at radius 2 is 0.718 bits per heavy atom. The number of rotatable bonds is 4. The number of hydrogen-bond donors (Lipinski definition) is 3. The Morgan fingerprint density at radius 1 is 0.333 bits per heavy atom. The molecule has 8 rings (SSSR count). The molecule has 184 valence electrons. The molecule has 3 N–H and O–H groups in total. The van der Waals surface area contributed by atoms with Gasteiger partial charge in [-0.15, -0.1) is 0 Å². The van der Waals surface area contributed by atoms with Gasteiger partial charge in [-0.1, -0.05) is 66.7 Å². The highest BCUT2D eigenvalue weighted by Crippen LogP contribution is 2.30. The number of H-pyrrole nitrogens is 3. The smallest absolute Gasteiger partial charge is 0.138 e. The topological polar surface area (TPSA) is 86.0 Å². The lowest BCUT2D eigenvalue weighted by Crippen LogP contribution is -1.81. The minimum absolute atomic E-state index is 0.817. The lowest BCUT2D eigenvalue weighted by molar-refractivity contribution is 1.33. The summed E-state index contributed by atoms with van der Waals surface area (Å²) in [6.07, 6.45) is 0. The van der Waals surface area contributed by atoms with E-state index < -0.39 is 0 Å². The molecule has 3 aromatic heterocycles. The van der Waals surface area contributed by atoms with Crippen LogP contribution in [0.4, 0.5) is 0 Å². The van der Waals surface area contributed by atoms with Crippen molar-refractivity contribution in [3.05, 3.63) is 115 Å². The van der Waals surface area contributed by atoms with Gasteiger partial charge < -0.3 is 15.0 Å². The van der Waals surface area contributed by atoms with E-state index in [0.29, 0.717) is 0 Å². The van der Waals surface area contributed by atoms with E-state index in [2.05, 4.69) is 93.8 Å². The van der Waals surface area contributed by atoms with Gasteiger partial charge in [0, 0.05) is 16.7 Å². The third kappa shape index (κ3) is 3.78. The number of hydrogen-bond acceptors (Lipinski definition) is 3. The maximum atomic E-state index is 4.86. The van der Waals surface area contributed by atoms with Crippen molar-refractivity contribution in [2.24, 2.45) is 0 Å². The molecule has 0 aliphatic rings. The van der Waals surface area contributed by atoms with Gasteiger partial charge in [0.2, 0.25) is 0 Å². The Balaban J connectivity index is 1.13.